The van der Waals surface area contributed by atoms with E-state index in [9.17, 15) is 0 Å². The lowest BCUT2D eigenvalue weighted by atomic mass is 10.3. The van der Waals surface area contributed by atoms with E-state index in [-0.39, 0.29) is 0 Å². The van der Waals surface area contributed by atoms with Crippen LogP contribution in [0.2, 0.25) is 0 Å². The third-order valence-electron chi connectivity index (χ3n) is 2.98. The molecule has 0 radical (unpaired) electrons. The van der Waals surface area contributed by atoms with Gasteiger partial charge in [-0.1, -0.05) is 0 Å². The fraction of sp³-hybridized carbons (Fsp3) is 0.154. The number of ether oxygens (including phenoxy) is 1. The molecule has 0 fully saturated rings. The maximum absolute atomic E-state index is 6.01. The Hall–Kier alpha value is -1.53. The van der Waals surface area contributed by atoms with Gasteiger partial charge in [0.1, 0.15) is 5.75 Å². The van der Waals surface area contributed by atoms with Crippen LogP contribution < -0.4 is 10.5 Å². The molecule has 19 heavy (non-hydrogen) atoms. The number of hydrogen-bond donors (Lipinski definition) is 1. The molecule has 6 heteroatoms. The Balaban J connectivity index is 2.11. The van der Waals surface area contributed by atoms with Gasteiger partial charge in [-0.3, -0.25) is 0 Å². The molecule has 0 spiro atoms. The van der Waals surface area contributed by atoms with Crippen molar-refractivity contribution in [3.05, 3.63) is 39.0 Å². The Morgan fingerprint density at radius 2 is 2.26 bits per heavy atom. The van der Waals surface area contributed by atoms with Gasteiger partial charge >= 0.3 is 0 Å². The second kappa shape index (κ2) is 4.86. The second-order valence-corrected chi connectivity index (χ2v) is 5.96. The van der Waals surface area contributed by atoms with Gasteiger partial charge in [0.2, 0.25) is 5.95 Å². The first-order valence-corrected chi connectivity index (χ1v) is 7.38. The average molecular weight is 338 g/mol. The van der Waals surface area contributed by atoms with Crippen molar-refractivity contribution in [2.45, 2.75) is 6.54 Å². The van der Waals surface area contributed by atoms with E-state index >= 15 is 0 Å². The summed E-state index contributed by atoms with van der Waals surface area (Å²) < 4.78 is 8.35. The smallest absolute Gasteiger partial charge is 0.201 e. The number of aromatic nitrogens is 2. The lowest BCUT2D eigenvalue weighted by molar-refractivity contribution is 0.415. The summed E-state index contributed by atoms with van der Waals surface area (Å²) in [4.78, 5) is 5.59. The fourth-order valence-electron chi connectivity index (χ4n) is 2.00. The molecule has 4 nitrogen and oxygen atoms in total. The molecule has 0 amide bonds. The number of anilines is 1. The molecule has 0 saturated heterocycles. The highest BCUT2D eigenvalue weighted by Gasteiger charge is 2.11. The van der Waals surface area contributed by atoms with E-state index in [1.165, 1.54) is 4.88 Å². The quantitative estimate of drug-likeness (QED) is 0.795. The lowest BCUT2D eigenvalue weighted by Gasteiger charge is -2.06. The molecule has 0 aliphatic rings. The van der Waals surface area contributed by atoms with Gasteiger partial charge in [-0.2, -0.15) is 0 Å². The van der Waals surface area contributed by atoms with Crippen molar-refractivity contribution in [3.8, 4) is 5.75 Å². The first-order valence-electron chi connectivity index (χ1n) is 5.70. The van der Waals surface area contributed by atoms with Crippen molar-refractivity contribution in [1.82, 2.24) is 9.55 Å². The molecule has 2 heterocycles. The third-order valence-corrected chi connectivity index (χ3v) is 4.89. The van der Waals surface area contributed by atoms with Crippen LogP contribution in [-0.2, 0) is 6.54 Å². The van der Waals surface area contributed by atoms with E-state index in [0.717, 1.165) is 21.3 Å². The van der Waals surface area contributed by atoms with Crippen LogP contribution in [0.15, 0.2) is 34.1 Å². The van der Waals surface area contributed by atoms with Gasteiger partial charge in [0.15, 0.2) is 0 Å². The fourth-order valence-corrected chi connectivity index (χ4v) is 3.46. The van der Waals surface area contributed by atoms with Crippen LogP contribution in [0.1, 0.15) is 4.88 Å². The molecule has 0 bridgehead atoms. The predicted octanol–water partition coefficient (Wildman–Crippen LogP) is 3.50. The summed E-state index contributed by atoms with van der Waals surface area (Å²) in [5, 5.41) is 2.05. The van der Waals surface area contributed by atoms with Crippen molar-refractivity contribution in [1.29, 1.82) is 0 Å². The highest BCUT2D eigenvalue weighted by molar-refractivity contribution is 9.10. The first-order chi connectivity index (χ1) is 9.19. The Morgan fingerprint density at radius 1 is 1.42 bits per heavy atom. The van der Waals surface area contributed by atoms with Crippen LogP contribution in [0.3, 0.4) is 0 Å². The molecule has 98 valence electrons. The number of imidazole rings is 1. The molecule has 3 rings (SSSR count). The van der Waals surface area contributed by atoms with Gasteiger partial charge in [-0.25, -0.2) is 4.98 Å². The van der Waals surface area contributed by atoms with Crippen molar-refractivity contribution in [2.75, 3.05) is 12.8 Å². The van der Waals surface area contributed by atoms with Crippen molar-refractivity contribution in [2.24, 2.45) is 0 Å². The van der Waals surface area contributed by atoms with Crippen LogP contribution in [0.25, 0.3) is 11.0 Å². The summed E-state index contributed by atoms with van der Waals surface area (Å²) in [6.07, 6.45) is 0. The summed E-state index contributed by atoms with van der Waals surface area (Å²) in [5.74, 6) is 1.32. The predicted molar refractivity (Wildman–Crippen MR) is 81.8 cm³/mol. The molecule has 2 N–H and O–H groups in total. The van der Waals surface area contributed by atoms with Gasteiger partial charge in [-0.05, 0) is 39.5 Å². The summed E-state index contributed by atoms with van der Waals surface area (Å²) in [6.45, 7) is 0.702. The monoisotopic (exact) mass is 337 g/mol. The first kappa shape index (κ1) is 12.5. The average Bonchev–Trinajstić information content (AvgIpc) is 2.94. The normalized spacial score (nSPS) is 11.1. The highest BCUT2D eigenvalue weighted by atomic mass is 79.9. The van der Waals surface area contributed by atoms with Gasteiger partial charge in [0.25, 0.3) is 0 Å². The van der Waals surface area contributed by atoms with Crippen molar-refractivity contribution >= 4 is 44.2 Å². The molecule has 0 saturated carbocycles. The van der Waals surface area contributed by atoms with E-state index in [2.05, 4.69) is 26.3 Å². The van der Waals surface area contributed by atoms with E-state index in [4.69, 9.17) is 10.5 Å². The molecule has 2 aromatic heterocycles. The maximum Gasteiger partial charge on any atom is 0.201 e. The zero-order valence-electron chi connectivity index (χ0n) is 10.3. The van der Waals surface area contributed by atoms with E-state index in [1.54, 1.807) is 18.4 Å². The van der Waals surface area contributed by atoms with E-state index in [0.29, 0.717) is 12.5 Å². The third kappa shape index (κ3) is 2.21. The number of hydrogen-bond acceptors (Lipinski definition) is 4. The molecule has 0 aliphatic carbocycles. The molecular weight excluding hydrogens is 326 g/mol. The largest absolute Gasteiger partial charge is 0.497 e. The van der Waals surface area contributed by atoms with Gasteiger partial charge < -0.3 is 15.0 Å². The number of fused-ring (bicyclic) bond motifs is 1. The Kier molecular flexibility index (Phi) is 3.20. The van der Waals surface area contributed by atoms with Crippen LogP contribution in [-0.4, -0.2) is 16.7 Å². The summed E-state index contributed by atoms with van der Waals surface area (Å²) in [6, 6.07) is 7.81. The Morgan fingerprint density at radius 3 is 2.95 bits per heavy atom. The Bertz CT molecular complexity index is 735. The number of methoxy groups -OCH3 is 1. The van der Waals surface area contributed by atoms with E-state index < -0.39 is 0 Å². The van der Waals surface area contributed by atoms with Crippen molar-refractivity contribution < 1.29 is 4.74 Å². The minimum atomic E-state index is 0.517. The summed E-state index contributed by atoms with van der Waals surface area (Å²) >= 11 is 5.23. The van der Waals surface area contributed by atoms with E-state index in [1.807, 2.05) is 28.8 Å². The highest BCUT2D eigenvalue weighted by Crippen LogP contribution is 2.28. The minimum Gasteiger partial charge on any atom is -0.497 e. The van der Waals surface area contributed by atoms with Crippen LogP contribution in [0.5, 0.6) is 5.75 Å². The van der Waals surface area contributed by atoms with Crippen LogP contribution in [0, 0.1) is 0 Å². The molecular formula is C13H12BrN3OS. The number of nitrogens with zero attached hydrogens (tertiary/aromatic N) is 2. The zero-order chi connectivity index (χ0) is 13.4. The summed E-state index contributed by atoms with van der Waals surface area (Å²) in [7, 11) is 1.65. The standard InChI is InChI=1S/C13H12BrN3OS/c1-18-8-2-3-10-11(6-8)17(13(15)16-10)7-12-9(14)4-5-19-12/h2-6H,7H2,1H3,(H2,15,16). The summed E-state index contributed by atoms with van der Waals surface area (Å²) in [5.41, 5.74) is 7.88. The minimum absolute atomic E-state index is 0.517. The number of thiophene rings is 1. The van der Waals surface area contributed by atoms with Gasteiger partial charge in [-0.15, -0.1) is 11.3 Å². The number of rotatable bonds is 3. The lowest BCUT2D eigenvalue weighted by Crippen LogP contribution is -2.03. The number of nitrogens with two attached hydrogens (primary N) is 1. The van der Waals surface area contributed by atoms with Crippen molar-refractivity contribution in [3.63, 3.8) is 0 Å². The molecule has 0 aliphatic heterocycles. The Labute approximate surface area is 123 Å². The molecule has 3 aromatic rings. The van der Waals surface area contributed by atoms with Crippen LogP contribution >= 0.6 is 27.3 Å². The van der Waals surface area contributed by atoms with Gasteiger partial charge in [0.05, 0.1) is 24.7 Å². The molecule has 0 atom stereocenters. The number of nitrogen functional groups attached to an aromatic ring is 1. The SMILES string of the molecule is COc1ccc2nc(N)n(Cc3sccc3Br)c2c1. The van der Waals surface area contributed by atoms with Crippen LogP contribution in [0.4, 0.5) is 5.95 Å². The topological polar surface area (TPSA) is 53.1 Å². The number of benzene rings is 1. The number of halogens is 1. The maximum atomic E-state index is 6.01. The molecule has 1 aromatic carbocycles. The second-order valence-electron chi connectivity index (χ2n) is 4.10. The van der Waals surface area contributed by atoms with Gasteiger partial charge in [0, 0.05) is 15.4 Å². The molecule has 0 unspecified atom stereocenters. The zero-order valence-corrected chi connectivity index (χ0v) is 12.7.